The molecule has 0 bridgehead atoms. The largest absolute Gasteiger partial charge is 0.393 e. The molecule has 0 spiro atoms. The van der Waals surface area contributed by atoms with Crippen molar-refractivity contribution in [2.75, 3.05) is 13.2 Å². The van der Waals surface area contributed by atoms with E-state index in [-0.39, 0.29) is 11.5 Å². The van der Waals surface area contributed by atoms with Gasteiger partial charge in [-0.05, 0) is 38.1 Å². The SMILES string of the molecule is CC1(C)C(NCC2CC(O)C2)C2CCCOC21. The molecule has 3 atom stereocenters. The lowest BCUT2D eigenvalue weighted by Crippen LogP contribution is -2.69. The topological polar surface area (TPSA) is 41.5 Å². The molecule has 3 fully saturated rings. The second-order valence-electron chi connectivity index (χ2n) is 6.80. The minimum absolute atomic E-state index is 0.0260. The van der Waals surface area contributed by atoms with Crippen LogP contribution in [-0.4, -0.2) is 36.5 Å². The minimum Gasteiger partial charge on any atom is -0.393 e. The first-order valence-electron chi connectivity index (χ1n) is 7.12. The first kappa shape index (κ1) is 11.9. The van der Waals surface area contributed by atoms with E-state index in [2.05, 4.69) is 19.2 Å². The quantitative estimate of drug-likeness (QED) is 0.785. The van der Waals surface area contributed by atoms with Gasteiger partial charge in [-0.3, -0.25) is 0 Å². The van der Waals surface area contributed by atoms with Crippen LogP contribution in [0.2, 0.25) is 0 Å². The van der Waals surface area contributed by atoms with E-state index in [4.69, 9.17) is 4.74 Å². The lowest BCUT2D eigenvalue weighted by molar-refractivity contribution is -0.193. The van der Waals surface area contributed by atoms with Crippen LogP contribution in [0.3, 0.4) is 0 Å². The fraction of sp³-hybridized carbons (Fsp3) is 1.00. The fourth-order valence-corrected chi connectivity index (χ4v) is 4.10. The molecule has 3 nitrogen and oxygen atoms in total. The molecule has 2 aliphatic carbocycles. The van der Waals surface area contributed by atoms with Crippen LogP contribution in [0.1, 0.15) is 39.5 Å². The van der Waals surface area contributed by atoms with Crippen molar-refractivity contribution in [1.29, 1.82) is 0 Å². The second-order valence-corrected chi connectivity index (χ2v) is 6.80. The Morgan fingerprint density at radius 2 is 2.12 bits per heavy atom. The number of rotatable bonds is 3. The lowest BCUT2D eigenvalue weighted by atomic mass is 9.55. The van der Waals surface area contributed by atoms with E-state index in [1.165, 1.54) is 12.8 Å². The maximum Gasteiger partial charge on any atom is 0.0684 e. The number of aliphatic hydroxyl groups excluding tert-OH is 1. The molecule has 98 valence electrons. The Balaban J connectivity index is 1.52. The zero-order valence-electron chi connectivity index (χ0n) is 11.0. The number of hydrogen-bond donors (Lipinski definition) is 2. The number of nitrogens with one attached hydrogen (secondary N) is 1. The highest BCUT2D eigenvalue weighted by molar-refractivity contribution is 5.10. The maximum absolute atomic E-state index is 9.30. The zero-order chi connectivity index (χ0) is 12.0. The summed E-state index contributed by atoms with van der Waals surface area (Å²) in [5.74, 6) is 1.42. The first-order chi connectivity index (χ1) is 8.09. The molecule has 0 aromatic carbocycles. The molecule has 0 radical (unpaired) electrons. The van der Waals surface area contributed by atoms with Crippen molar-refractivity contribution in [3.8, 4) is 0 Å². The second kappa shape index (κ2) is 4.22. The van der Waals surface area contributed by atoms with E-state index >= 15 is 0 Å². The monoisotopic (exact) mass is 239 g/mol. The van der Waals surface area contributed by atoms with E-state index in [1.54, 1.807) is 0 Å². The number of hydrogen-bond acceptors (Lipinski definition) is 3. The molecular formula is C14H25NO2. The van der Waals surface area contributed by atoms with Crippen LogP contribution < -0.4 is 5.32 Å². The summed E-state index contributed by atoms with van der Waals surface area (Å²) in [7, 11) is 0. The highest BCUT2D eigenvalue weighted by atomic mass is 16.5. The lowest BCUT2D eigenvalue weighted by Gasteiger charge is -2.60. The van der Waals surface area contributed by atoms with Crippen LogP contribution in [0.5, 0.6) is 0 Å². The van der Waals surface area contributed by atoms with Crippen molar-refractivity contribution in [2.45, 2.75) is 57.8 Å². The van der Waals surface area contributed by atoms with E-state index in [0.29, 0.717) is 18.1 Å². The Kier molecular flexibility index (Phi) is 2.96. The summed E-state index contributed by atoms with van der Waals surface area (Å²) in [6.45, 7) is 6.68. The van der Waals surface area contributed by atoms with E-state index in [9.17, 15) is 5.11 Å². The number of aliphatic hydroxyl groups is 1. The Labute approximate surface area is 104 Å². The van der Waals surface area contributed by atoms with Crippen LogP contribution in [-0.2, 0) is 4.74 Å². The third-order valence-corrected chi connectivity index (χ3v) is 5.17. The fourth-order valence-electron chi connectivity index (χ4n) is 4.10. The van der Waals surface area contributed by atoms with Crippen LogP contribution in [0.15, 0.2) is 0 Å². The van der Waals surface area contributed by atoms with Gasteiger partial charge in [0.25, 0.3) is 0 Å². The van der Waals surface area contributed by atoms with Crippen LogP contribution >= 0.6 is 0 Å². The van der Waals surface area contributed by atoms with Gasteiger partial charge in [-0.15, -0.1) is 0 Å². The van der Waals surface area contributed by atoms with Gasteiger partial charge in [0.2, 0.25) is 0 Å². The van der Waals surface area contributed by atoms with Crippen molar-refractivity contribution >= 4 is 0 Å². The first-order valence-corrected chi connectivity index (χ1v) is 7.12. The molecule has 0 aromatic heterocycles. The van der Waals surface area contributed by atoms with Crippen molar-refractivity contribution in [1.82, 2.24) is 5.32 Å². The van der Waals surface area contributed by atoms with Gasteiger partial charge >= 0.3 is 0 Å². The molecule has 1 heterocycles. The highest BCUT2D eigenvalue weighted by Gasteiger charge is 2.57. The zero-order valence-corrected chi connectivity index (χ0v) is 11.0. The van der Waals surface area contributed by atoms with Crippen LogP contribution in [0, 0.1) is 17.3 Å². The normalized spacial score (nSPS) is 47.8. The van der Waals surface area contributed by atoms with E-state index in [1.807, 2.05) is 0 Å². The summed E-state index contributed by atoms with van der Waals surface area (Å²) < 4.78 is 5.91. The summed E-state index contributed by atoms with van der Waals surface area (Å²) in [5.41, 5.74) is 0.285. The highest BCUT2D eigenvalue weighted by Crippen LogP contribution is 2.51. The van der Waals surface area contributed by atoms with Gasteiger partial charge in [-0.2, -0.15) is 0 Å². The van der Waals surface area contributed by atoms with Gasteiger partial charge in [0, 0.05) is 24.0 Å². The van der Waals surface area contributed by atoms with Gasteiger partial charge in [-0.25, -0.2) is 0 Å². The number of ether oxygens (including phenoxy) is 1. The van der Waals surface area contributed by atoms with Crippen molar-refractivity contribution < 1.29 is 9.84 Å². The van der Waals surface area contributed by atoms with Crippen molar-refractivity contribution in [3.63, 3.8) is 0 Å². The Morgan fingerprint density at radius 1 is 1.35 bits per heavy atom. The Morgan fingerprint density at radius 3 is 2.82 bits per heavy atom. The molecule has 1 saturated heterocycles. The third kappa shape index (κ3) is 1.92. The molecule has 17 heavy (non-hydrogen) atoms. The molecular weight excluding hydrogens is 214 g/mol. The van der Waals surface area contributed by atoms with Gasteiger partial charge in [-0.1, -0.05) is 13.8 Å². The molecule has 3 rings (SSSR count). The summed E-state index contributed by atoms with van der Waals surface area (Å²) in [6, 6.07) is 0.616. The van der Waals surface area contributed by atoms with Gasteiger partial charge in [0.15, 0.2) is 0 Å². The molecule has 3 heteroatoms. The van der Waals surface area contributed by atoms with Crippen molar-refractivity contribution in [2.24, 2.45) is 17.3 Å². The Bertz CT molecular complexity index is 286. The van der Waals surface area contributed by atoms with Crippen LogP contribution in [0.25, 0.3) is 0 Å². The van der Waals surface area contributed by atoms with Gasteiger partial charge in [0.1, 0.15) is 0 Å². The van der Waals surface area contributed by atoms with Gasteiger partial charge in [0.05, 0.1) is 12.2 Å². The summed E-state index contributed by atoms with van der Waals surface area (Å²) in [4.78, 5) is 0. The smallest absolute Gasteiger partial charge is 0.0684 e. The van der Waals surface area contributed by atoms with Gasteiger partial charge < -0.3 is 15.2 Å². The van der Waals surface area contributed by atoms with Crippen molar-refractivity contribution in [3.05, 3.63) is 0 Å². The molecule has 1 aliphatic heterocycles. The maximum atomic E-state index is 9.30. The average molecular weight is 239 g/mol. The molecule has 0 amide bonds. The summed E-state index contributed by atoms with van der Waals surface area (Å²) in [5, 5.41) is 13.0. The predicted molar refractivity (Wildman–Crippen MR) is 66.8 cm³/mol. The molecule has 2 N–H and O–H groups in total. The summed E-state index contributed by atoms with van der Waals surface area (Å²) >= 11 is 0. The molecule has 2 saturated carbocycles. The molecule has 0 aromatic rings. The van der Waals surface area contributed by atoms with E-state index in [0.717, 1.165) is 31.9 Å². The Hall–Kier alpha value is -0.120. The molecule has 3 unspecified atom stereocenters. The predicted octanol–water partition coefficient (Wildman–Crippen LogP) is 1.55. The standard InChI is InChI=1S/C14H25NO2/c1-14(2)12(11-4-3-5-17-13(11)14)15-8-9-6-10(16)7-9/h9-13,15-16H,3-8H2,1-2H3. The minimum atomic E-state index is -0.0260. The van der Waals surface area contributed by atoms with Crippen LogP contribution in [0.4, 0.5) is 0 Å². The summed E-state index contributed by atoms with van der Waals surface area (Å²) in [6.07, 6.45) is 4.97. The van der Waals surface area contributed by atoms with E-state index < -0.39 is 0 Å². The average Bonchev–Trinajstić information content (AvgIpc) is 2.26. The molecule has 3 aliphatic rings. The third-order valence-electron chi connectivity index (χ3n) is 5.17. The number of fused-ring (bicyclic) bond motifs is 1.